The van der Waals surface area contributed by atoms with E-state index in [0.29, 0.717) is 6.42 Å². The van der Waals surface area contributed by atoms with Crippen LogP contribution in [0.25, 0.3) is 0 Å². The second-order valence-corrected chi connectivity index (χ2v) is 5.71. The van der Waals surface area contributed by atoms with Gasteiger partial charge >= 0.3 is 5.97 Å². The Kier molecular flexibility index (Phi) is 2.40. The number of hydrogen-bond acceptors (Lipinski definition) is 3. The van der Waals surface area contributed by atoms with E-state index in [-0.39, 0.29) is 4.75 Å². The van der Waals surface area contributed by atoms with Crippen molar-refractivity contribution in [1.82, 2.24) is 5.32 Å². The summed E-state index contributed by atoms with van der Waals surface area (Å²) < 4.78 is 0.0361. The molecule has 0 aromatic carbocycles. The van der Waals surface area contributed by atoms with Crippen molar-refractivity contribution in [3.63, 3.8) is 0 Å². The Morgan fingerprint density at radius 2 is 2.25 bits per heavy atom. The van der Waals surface area contributed by atoms with Crippen LogP contribution >= 0.6 is 11.8 Å². The van der Waals surface area contributed by atoms with Gasteiger partial charge in [-0.25, -0.2) is 4.79 Å². The quantitative estimate of drug-likeness (QED) is 0.687. The molecule has 0 aromatic rings. The Labute approximate surface area is 76.9 Å². The van der Waals surface area contributed by atoms with Gasteiger partial charge in [0.25, 0.3) is 0 Å². The van der Waals surface area contributed by atoms with Crippen LogP contribution < -0.4 is 5.32 Å². The van der Waals surface area contributed by atoms with Gasteiger partial charge in [-0.2, -0.15) is 0 Å². The topological polar surface area (TPSA) is 49.3 Å². The lowest BCUT2D eigenvalue weighted by Crippen LogP contribution is -2.44. The van der Waals surface area contributed by atoms with E-state index in [1.165, 1.54) is 11.8 Å². The number of thioether (sulfide) groups is 1. The van der Waals surface area contributed by atoms with Gasteiger partial charge in [-0.15, -0.1) is 11.8 Å². The number of rotatable bonds is 2. The first-order valence-corrected chi connectivity index (χ1v) is 4.92. The Bertz CT molecular complexity index is 205. The lowest BCUT2D eigenvalue weighted by atomic mass is 10.2. The van der Waals surface area contributed by atoms with Crippen molar-refractivity contribution >= 4 is 17.7 Å². The second kappa shape index (κ2) is 2.92. The molecule has 0 aliphatic carbocycles. The molecule has 0 spiro atoms. The molecule has 2 N–H and O–H groups in total. The van der Waals surface area contributed by atoms with Gasteiger partial charge in [-0.05, 0) is 20.3 Å². The maximum Gasteiger partial charge on any atom is 0.334 e. The number of carboxylic acids is 1. The van der Waals surface area contributed by atoms with Gasteiger partial charge in [0.1, 0.15) is 0 Å². The van der Waals surface area contributed by atoms with Crippen LogP contribution in [0.5, 0.6) is 0 Å². The third-order valence-corrected chi connectivity index (χ3v) is 3.75. The van der Waals surface area contributed by atoms with Crippen LogP contribution in [0.2, 0.25) is 0 Å². The maximum absolute atomic E-state index is 11.0. The Morgan fingerprint density at radius 1 is 1.67 bits per heavy atom. The molecule has 4 heteroatoms. The van der Waals surface area contributed by atoms with Crippen LogP contribution in [0.15, 0.2) is 0 Å². The monoisotopic (exact) mass is 189 g/mol. The Balaban J connectivity index is 2.80. The lowest BCUT2D eigenvalue weighted by molar-refractivity contribution is -0.140. The van der Waals surface area contributed by atoms with E-state index < -0.39 is 10.8 Å². The van der Waals surface area contributed by atoms with Crippen molar-refractivity contribution in [2.45, 2.75) is 36.8 Å². The van der Waals surface area contributed by atoms with Crippen LogP contribution in [0.3, 0.4) is 0 Å². The molecular formula is C8H15NO2S. The minimum Gasteiger partial charge on any atom is -0.479 e. The van der Waals surface area contributed by atoms with Gasteiger partial charge in [0.15, 0.2) is 4.87 Å². The van der Waals surface area contributed by atoms with Gasteiger partial charge in [0, 0.05) is 11.3 Å². The van der Waals surface area contributed by atoms with Crippen molar-refractivity contribution in [2.75, 3.05) is 6.54 Å². The zero-order valence-corrected chi connectivity index (χ0v) is 8.49. The van der Waals surface area contributed by atoms with Crippen LogP contribution in [-0.4, -0.2) is 27.2 Å². The molecule has 1 atom stereocenters. The highest BCUT2D eigenvalue weighted by molar-refractivity contribution is 8.02. The van der Waals surface area contributed by atoms with Gasteiger partial charge < -0.3 is 5.11 Å². The molecule has 1 rings (SSSR count). The molecule has 0 unspecified atom stereocenters. The van der Waals surface area contributed by atoms with Crippen molar-refractivity contribution < 1.29 is 9.90 Å². The lowest BCUT2D eigenvalue weighted by Gasteiger charge is -2.23. The zero-order chi connectivity index (χ0) is 9.41. The predicted octanol–water partition coefficient (Wildman–Crippen LogP) is 1.29. The van der Waals surface area contributed by atoms with Crippen LogP contribution in [0, 0.1) is 0 Å². The molecule has 1 saturated heterocycles. The summed E-state index contributed by atoms with van der Waals surface area (Å²) in [5, 5.41) is 12.1. The first kappa shape index (κ1) is 9.86. The summed E-state index contributed by atoms with van der Waals surface area (Å²) in [6, 6.07) is 0. The first-order chi connectivity index (χ1) is 5.42. The SMILES string of the molecule is CC[C@]1(C(=O)O)NCC(C)(C)S1. The van der Waals surface area contributed by atoms with Gasteiger partial charge in [0.05, 0.1) is 0 Å². The molecule has 3 nitrogen and oxygen atoms in total. The van der Waals surface area contributed by atoms with E-state index in [1.807, 2.05) is 6.92 Å². The molecule has 12 heavy (non-hydrogen) atoms. The van der Waals surface area contributed by atoms with Crippen molar-refractivity contribution in [3.05, 3.63) is 0 Å². The zero-order valence-electron chi connectivity index (χ0n) is 7.68. The third kappa shape index (κ3) is 1.59. The normalized spacial score (nSPS) is 33.6. The largest absolute Gasteiger partial charge is 0.479 e. The maximum atomic E-state index is 11.0. The number of nitrogens with one attached hydrogen (secondary N) is 1. The molecule has 1 heterocycles. The molecule has 70 valence electrons. The van der Waals surface area contributed by atoms with E-state index >= 15 is 0 Å². The smallest absolute Gasteiger partial charge is 0.334 e. The van der Waals surface area contributed by atoms with E-state index in [4.69, 9.17) is 5.11 Å². The summed E-state index contributed by atoms with van der Waals surface area (Å²) in [5.41, 5.74) is 0. The van der Waals surface area contributed by atoms with Crippen LogP contribution in [0.4, 0.5) is 0 Å². The summed E-state index contributed by atoms with van der Waals surface area (Å²) in [6.45, 7) is 6.78. The third-order valence-electron chi connectivity index (χ3n) is 2.09. The summed E-state index contributed by atoms with van der Waals surface area (Å²) in [5.74, 6) is -0.749. The number of carbonyl (C=O) groups is 1. The molecule has 1 aliphatic rings. The van der Waals surface area contributed by atoms with Crippen LogP contribution in [0.1, 0.15) is 27.2 Å². The van der Waals surface area contributed by atoms with Gasteiger partial charge in [0.2, 0.25) is 0 Å². The van der Waals surface area contributed by atoms with Gasteiger partial charge in [-0.1, -0.05) is 6.92 Å². The van der Waals surface area contributed by atoms with E-state index in [0.717, 1.165) is 6.54 Å². The Hall–Kier alpha value is -0.220. The predicted molar refractivity (Wildman–Crippen MR) is 50.3 cm³/mol. The van der Waals surface area contributed by atoms with Crippen molar-refractivity contribution in [1.29, 1.82) is 0 Å². The fourth-order valence-corrected chi connectivity index (χ4v) is 2.83. The van der Waals surface area contributed by atoms with Crippen LogP contribution in [-0.2, 0) is 4.79 Å². The first-order valence-electron chi connectivity index (χ1n) is 4.10. The minimum atomic E-state index is -0.749. The summed E-state index contributed by atoms with van der Waals surface area (Å²) in [4.78, 5) is 10.2. The van der Waals surface area contributed by atoms with E-state index in [9.17, 15) is 4.79 Å². The summed E-state index contributed by atoms with van der Waals surface area (Å²) >= 11 is 1.51. The summed E-state index contributed by atoms with van der Waals surface area (Å²) in [6.07, 6.45) is 0.621. The molecule has 0 aromatic heterocycles. The van der Waals surface area contributed by atoms with Crippen molar-refractivity contribution in [2.24, 2.45) is 0 Å². The molecular weight excluding hydrogens is 174 g/mol. The molecule has 0 bridgehead atoms. The minimum absolute atomic E-state index is 0.0361. The highest BCUT2D eigenvalue weighted by atomic mass is 32.2. The molecule has 1 fully saturated rings. The van der Waals surface area contributed by atoms with E-state index in [2.05, 4.69) is 19.2 Å². The fraction of sp³-hybridized carbons (Fsp3) is 0.875. The van der Waals surface area contributed by atoms with E-state index in [1.54, 1.807) is 0 Å². The molecule has 1 aliphatic heterocycles. The van der Waals surface area contributed by atoms with Crippen molar-refractivity contribution in [3.8, 4) is 0 Å². The Morgan fingerprint density at radius 3 is 2.42 bits per heavy atom. The highest BCUT2D eigenvalue weighted by Gasteiger charge is 2.48. The average Bonchev–Trinajstić information content (AvgIpc) is 2.27. The second-order valence-electron chi connectivity index (χ2n) is 3.70. The molecule has 0 amide bonds. The average molecular weight is 189 g/mol. The van der Waals surface area contributed by atoms with Gasteiger partial charge in [-0.3, -0.25) is 5.32 Å². The number of aliphatic carboxylic acids is 1. The number of hydrogen-bond donors (Lipinski definition) is 2. The fourth-order valence-electron chi connectivity index (χ4n) is 1.37. The highest BCUT2D eigenvalue weighted by Crippen LogP contribution is 2.42. The molecule has 0 radical (unpaired) electrons. The summed E-state index contributed by atoms with van der Waals surface area (Å²) in [7, 11) is 0. The standard InChI is InChI=1S/C8H15NO2S/c1-4-8(6(10)11)9-5-7(2,3)12-8/h9H,4-5H2,1-3H3,(H,10,11)/t8-/m0/s1. The number of carboxylic acid groups (broad SMARTS) is 1. The molecule has 0 saturated carbocycles.